The first-order valence-corrected chi connectivity index (χ1v) is 11.3. The number of nitrogens with zero attached hydrogens (tertiary/aromatic N) is 3. The van der Waals surface area contributed by atoms with E-state index in [1.165, 1.54) is 23.2 Å². The van der Waals surface area contributed by atoms with Crippen LogP contribution in [0.5, 0.6) is 0 Å². The number of carbonyl (C=O) groups excluding carboxylic acids is 1. The van der Waals surface area contributed by atoms with Gasteiger partial charge in [-0.15, -0.1) is 0 Å². The molecule has 0 bridgehead atoms. The summed E-state index contributed by atoms with van der Waals surface area (Å²) in [5, 5.41) is 7.28. The van der Waals surface area contributed by atoms with E-state index in [4.69, 9.17) is 4.74 Å². The highest BCUT2D eigenvalue weighted by atomic mass is 32.2. The average Bonchev–Trinajstić information content (AvgIpc) is 3.47. The molecule has 1 saturated heterocycles. The molecule has 2 aromatic rings. The quantitative estimate of drug-likeness (QED) is 0.776. The smallest absolute Gasteiger partial charge is 0.256 e. The Morgan fingerprint density at radius 3 is 2.62 bits per heavy atom. The normalized spacial score (nSPS) is 18.0. The molecule has 1 N–H and O–H groups in total. The predicted octanol–water partition coefficient (Wildman–Crippen LogP) is 2.18. The van der Waals surface area contributed by atoms with Crippen LogP contribution in [0.15, 0.2) is 29.3 Å². The Hall–Kier alpha value is -2.23. The van der Waals surface area contributed by atoms with E-state index < -0.39 is 10.0 Å². The SMILES string of the molecule is Cc1ccc(C(=O)Nc2c(C)cnn2CC2CC2)cc1S(=O)(=O)N1CCOCC1. The van der Waals surface area contributed by atoms with Crippen molar-refractivity contribution in [2.24, 2.45) is 5.92 Å². The maximum absolute atomic E-state index is 13.1. The molecule has 9 heteroatoms. The van der Waals surface area contributed by atoms with Crippen LogP contribution in [0.3, 0.4) is 0 Å². The Kier molecular flexibility index (Phi) is 5.46. The van der Waals surface area contributed by atoms with Gasteiger partial charge in [0.15, 0.2) is 0 Å². The monoisotopic (exact) mass is 418 g/mol. The van der Waals surface area contributed by atoms with Crippen molar-refractivity contribution in [2.75, 3.05) is 31.6 Å². The van der Waals surface area contributed by atoms with Crippen molar-refractivity contribution in [3.63, 3.8) is 0 Å². The first kappa shape index (κ1) is 20.1. The number of ether oxygens (including phenoxy) is 1. The molecule has 0 radical (unpaired) electrons. The van der Waals surface area contributed by atoms with Crippen LogP contribution < -0.4 is 5.32 Å². The summed E-state index contributed by atoms with van der Waals surface area (Å²) >= 11 is 0. The van der Waals surface area contributed by atoms with Crippen LogP contribution >= 0.6 is 0 Å². The maximum atomic E-state index is 13.1. The Labute approximate surface area is 170 Å². The van der Waals surface area contributed by atoms with E-state index in [0.717, 1.165) is 12.1 Å². The third kappa shape index (κ3) is 4.22. The molecule has 1 aromatic heterocycles. The second kappa shape index (κ2) is 7.89. The average molecular weight is 419 g/mol. The molecule has 2 heterocycles. The fourth-order valence-corrected chi connectivity index (χ4v) is 5.11. The first-order valence-electron chi connectivity index (χ1n) is 9.88. The van der Waals surface area contributed by atoms with Crippen LogP contribution in [0, 0.1) is 19.8 Å². The highest BCUT2D eigenvalue weighted by Gasteiger charge is 2.29. The van der Waals surface area contributed by atoms with E-state index in [0.29, 0.717) is 49.2 Å². The summed E-state index contributed by atoms with van der Waals surface area (Å²) in [6.07, 6.45) is 4.11. The topological polar surface area (TPSA) is 93.5 Å². The van der Waals surface area contributed by atoms with E-state index in [-0.39, 0.29) is 10.8 Å². The van der Waals surface area contributed by atoms with Gasteiger partial charge < -0.3 is 10.1 Å². The molecule has 4 rings (SSSR count). The zero-order valence-corrected chi connectivity index (χ0v) is 17.5. The van der Waals surface area contributed by atoms with Crippen molar-refractivity contribution in [2.45, 2.75) is 38.1 Å². The van der Waals surface area contributed by atoms with Crippen molar-refractivity contribution in [3.05, 3.63) is 41.1 Å². The summed E-state index contributed by atoms with van der Waals surface area (Å²) in [6, 6.07) is 4.79. The second-order valence-electron chi connectivity index (χ2n) is 7.75. The lowest BCUT2D eigenvalue weighted by Gasteiger charge is -2.26. The highest BCUT2D eigenvalue weighted by molar-refractivity contribution is 7.89. The first-order chi connectivity index (χ1) is 13.9. The minimum absolute atomic E-state index is 0.162. The number of nitrogens with one attached hydrogen (secondary N) is 1. The number of amides is 1. The van der Waals surface area contributed by atoms with Gasteiger partial charge in [0.25, 0.3) is 5.91 Å². The molecule has 8 nitrogen and oxygen atoms in total. The van der Waals surface area contributed by atoms with Crippen molar-refractivity contribution >= 4 is 21.7 Å². The van der Waals surface area contributed by atoms with E-state index in [2.05, 4.69) is 10.4 Å². The molecule has 1 aliphatic carbocycles. The van der Waals surface area contributed by atoms with Gasteiger partial charge in [-0.3, -0.25) is 4.79 Å². The molecule has 1 aromatic carbocycles. The number of hydrogen-bond donors (Lipinski definition) is 1. The summed E-state index contributed by atoms with van der Waals surface area (Å²) in [4.78, 5) is 13.1. The maximum Gasteiger partial charge on any atom is 0.256 e. The summed E-state index contributed by atoms with van der Waals surface area (Å²) < 4.78 is 34.6. The predicted molar refractivity (Wildman–Crippen MR) is 108 cm³/mol. The van der Waals surface area contributed by atoms with Crippen LogP contribution in [0.25, 0.3) is 0 Å². The lowest BCUT2D eigenvalue weighted by atomic mass is 10.1. The summed E-state index contributed by atoms with van der Waals surface area (Å²) in [6.45, 7) is 5.81. The number of anilines is 1. The Morgan fingerprint density at radius 2 is 1.93 bits per heavy atom. The number of aromatic nitrogens is 2. The largest absolute Gasteiger partial charge is 0.379 e. The second-order valence-corrected chi connectivity index (χ2v) is 9.66. The van der Waals surface area contributed by atoms with Gasteiger partial charge in [-0.1, -0.05) is 6.07 Å². The molecule has 1 saturated carbocycles. The van der Waals surface area contributed by atoms with E-state index in [1.807, 2.05) is 11.6 Å². The van der Waals surface area contributed by atoms with Crippen LogP contribution in [0.2, 0.25) is 0 Å². The van der Waals surface area contributed by atoms with E-state index in [9.17, 15) is 13.2 Å². The van der Waals surface area contributed by atoms with Gasteiger partial charge in [0.05, 0.1) is 24.3 Å². The number of benzene rings is 1. The molecule has 0 unspecified atom stereocenters. The summed E-state index contributed by atoms with van der Waals surface area (Å²) in [5.74, 6) is 0.943. The van der Waals surface area contributed by atoms with Gasteiger partial charge in [0, 0.05) is 30.8 Å². The third-order valence-corrected chi connectivity index (χ3v) is 7.46. The van der Waals surface area contributed by atoms with Crippen molar-refractivity contribution in [1.82, 2.24) is 14.1 Å². The fraction of sp³-hybridized carbons (Fsp3) is 0.500. The number of hydrogen-bond acceptors (Lipinski definition) is 5. The number of carbonyl (C=O) groups is 1. The Balaban J connectivity index is 1.59. The molecule has 1 aliphatic heterocycles. The summed E-state index contributed by atoms with van der Waals surface area (Å²) in [7, 11) is -3.68. The van der Waals surface area contributed by atoms with Crippen molar-refractivity contribution in [3.8, 4) is 0 Å². The van der Waals surface area contributed by atoms with Gasteiger partial charge in [-0.2, -0.15) is 9.40 Å². The van der Waals surface area contributed by atoms with Crippen LogP contribution in [0.4, 0.5) is 5.82 Å². The molecule has 0 atom stereocenters. The van der Waals surface area contributed by atoms with Crippen molar-refractivity contribution < 1.29 is 17.9 Å². The molecule has 1 amide bonds. The molecular formula is C20H26N4O4S. The zero-order valence-electron chi connectivity index (χ0n) is 16.7. The standard InChI is InChI=1S/C20H26N4O4S/c1-14-3-6-17(11-18(14)29(26,27)23-7-9-28-10-8-23)20(25)22-19-15(2)12-21-24(19)13-16-4-5-16/h3,6,11-12,16H,4-5,7-10,13H2,1-2H3,(H,22,25). The molecule has 0 spiro atoms. The van der Waals surface area contributed by atoms with Crippen LogP contribution in [0.1, 0.15) is 34.3 Å². The molecule has 2 aliphatic rings. The van der Waals surface area contributed by atoms with Crippen LogP contribution in [-0.2, 0) is 21.3 Å². The van der Waals surface area contributed by atoms with Gasteiger partial charge in [0.2, 0.25) is 10.0 Å². The number of morpholine rings is 1. The minimum atomic E-state index is -3.68. The van der Waals surface area contributed by atoms with Crippen LogP contribution in [-0.4, -0.2) is 54.7 Å². The van der Waals surface area contributed by atoms with Crippen molar-refractivity contribution in [1.29, 1.82) is 0 Å². The fourth-order valence-electron chi connectivity index (χ4n) is 3.45. The zero-order chi connectivity index (χ0) is 20.6. The lowest BCUT2D eigenvalue weighted by Crippen LogP contribution is -2.40. The third-order valence-electron chi connectivity index (χ3n) is 5.42. The minimum Gasteiger partial charge on any atom is -0.379 e. The Bertz CT molecular complexity index is 1020. The van der Waals surface area contributed by atoms with E-state index in [1.54, 1.807) is 25.3 Å². The van der Waals surface area contributed by atoms with E-state index >= 15 is 0 Å². The number of aryl methyl sites for hydroxylation is 2. The van der Waals surface area contributed by atoms with Gasteiger partial charge >= 0.3 is 0 Å². The van der Waals surface area contributed by atoms with Gasteiger partial charge in [0.1, 0.15) is 5.82 Å². The molecule has 2 fully saturated rings. The van der Waals surface area contributed by atoms with Gasteiger partial charge in [-0.25, -0.2) is 13.1 Å². The molecular weight excluding hydrogens is 392 g/mol. The van der Waals surface area contributed by atoms with Gasteiger partial charge in [-0.05, 0) is 50.3 Å². The highest BCUT2D eigenvalue weighted by Crippen LogP contribution is 2.32. The lowest BCUT2D eigenvalue weighted by molar-refractivity contribution is 0.0730. The Morgan fingerprint density at radius 1 is 1.21 bits per heavy atom. The number of rotatable bonds is 6. The number of sulfonamides is 1. The molecule has 29 heavy (non-hydrogen) atoms. The molecule has 156 valence electrons. The summed E-state index contributed by atoms with van der Waals surface area (Å²) in [5.41, 5.74) is 1.80.